The van der Waals surface area contributed by atoms with Crippen molar-refractivity contribution >= 4 is 40.5 Å². The molecule has 0 atom stereocenters. The molecule has 1 aromatic carbocycles. The van der Waals surface area contributed by atoms with Gasteiger partial charge in [-0.25, -0.2) is 0 Å². The highest BCUT2D eigenvalue weighted by molar-refractivity contribution is 7.98. The number of hydrogen-bond acceptors (Lipinski definition) is 4. The number of ether oxygens (including phenoxy) is 1. The molecule has 0 unspecified atom stereocenters. The maximum atomic E-state index is 12.5. The minimum Gasteiger partial charge on any atom is -0.495 e. The Balaban J connectivity index is 1.94. The molecule has 1 aliphatic heterocycles. The van der Waals surface area contributed by atoms with E-state index in [1.165, 1.54) is 10.4 Å². The molecule has 104 valence electrons. The summed E-state index contributed by atoms with van der Waals surface area (Å²) in [5, 5.41) is 0.519. The standard InChI is InChI=1S/C15H13ClO2S2/c1-18-12-6-9(2-3-11(12)16)15(17)14-7-10-8-19-5-4-13(10)20-14/h2-3,6-7H,4-5,8H2,1H3. The van der Waals surface area contributed by atoms with Gasteiger partial charge < -0.3 is 4.74 Å². The second-order valence-electron chi connectivity index (χ2n) is 4.54. The zero-order valence-corrected chi connectivity index (χ0v) is 13.3. The molecule has 0 bridgehead atoms. The molecular weight excluding hydrogens is 312 g/mol. The summed E-state index contributed by atoms with van der Waals surface area (Å²) in [6.45, 7) is 0. The number of ketones is 1. The van der Waals surface area contributed by atoms with Gasteiger partial charge in [-0.15, -0.1) is 11.3 Å². The molecule has 0 saturated carbocycles. The first kappa shape index (κ1) is 14.0. The summed E-state index contributed by atoms with van der Waals surface area (Å²) in [4.78, 5) is 14.7. The first-order valence-electron chi connectivity index (χ1n) is 6.26. The lowest BCUT2D eigenvalue weighted by atomic mass is 10.1. The van der Waals surface area contributed by atoms with Gasteiger partial charge in [-0.2, -0.15) is 11.8 Å². The first-order chi connectivity index (χ1) is 9.69. The number of carbonyl (C=O) groups excluding carboxylic acids is 1. The van der Waals surface area contributed by atoms with Gasteiger partial charge in [0, 0.05) is 16.2 Å². The van der Waals surface area contributed by atoms with E-state index in [1.807, 2.05) is 17.8 Å². The van der Waals surface area contributed by atoms with Crippen molar-refractivity contribution < 1.29 is 9.53 Å². The lowest BCUT2D eigenvalue weighted by Crippen LogP contribution is -1.99. The molecule has 5 heteroatoms. The summed E-state index contributed by atoms with van der Waals surface area (Å²) < 4.78 is 5.17. The second kappa shape index (κ2) is 5.80. The normalized spacial score (nSPS) is 13.9. The molecule has 1 aliphatic rings. The Morgan fingerprint density at radius 1 is 1.35 bits per heavy atom. The maximum Gasteiger partial charge on any atom is 0.203 e. The third kappa shape index (κ3) is 2.60. The summed E-state index contributed by atoms with van der Waals surface area (Å²) in [6.07, 6.45) is 1.07. The lowest BCUT2D eigenvalue weighted by molar-refractivity contribution is 0.104. The Morgan fingerprint density at radius 2 is 2.20 bits per heavy atom. The zero-order chi connectivity index (χ0) is 14.1. The second-order valence-corrected chi connectivity index (χ2v) is 7.19. The van der Waals surface area contributed by atoms with Crippen LogP contribution in [0.15, 0.2) is 24.3 Å². The maximum absolute atomic E-state index is 12.5. The largest absolute Gasteiger partial charge is 0.495 e. The highest BCUT2D eigenvalue weighted by Crippen LogP contribution is 2.33. The van der Waals surface area contributed by atoms with Crippen LogP contribution in [0.5, 0.6) is 5.75 Å². The van der Waals surface area contributed by atoms with Crippen LogP contribution < -0.4 is 4.74 Å². The molecule has 0 saturated heterocycles. The monoisotopic (exact) mass is 324 g/mol. The molecule has 1 aromatic heterocycles. The van der Waals surface area contributed by atoms with Gasteiger partial charge >= 0.3 is 0 Å². The van der Waals surface area contributed by atoms with Crippen molar-refractivity contribution in [2.45, 2.75) is 12.2 Å². The number of aryl methyl sites for hydroxylation is 1. The van der Waals surface area contributed by atoms with Crippen molar-refractivity contribution in [1.82, 2.24) is 0 Å². The van der Waals surface area contributed by atoms with E-state index < -0.39 is 0 Å². The number of carbonyl (C=O) groups is 1. The molecule has 0 fully saturated rings. The number of rotatable bonds is 3. The molecule has 0 N–H and O–H groups in total. The molecule has 20 heavy (non-hydrogen) atoms. The molecule has 2 aromatic rings. The summed E-state index contributed by atoms with van der Waals surface area (Å²) in [5.41, 5.74) is 1.94. The molecule has 0 radical (unpaired) electrons. The van der Waals surface area contributed by atoms with Gasteiger partial charge in [0.25, 0.3) is 0 Å². The van der Waals surface area contributed by atoms with Crippen molar-refractivity contribution in [2.75, 3.05) is 12.9 Å². The van der Waals surface area contributed by atoms with Crippen molar-refractivity contribution in [3.05, 3.63) is 50.2 Å². The average Bonchev–Trinajstić information content (AvgIpc) is 2.91. The molecule has 3 rings (SSSR count). The Hall–Kier alpha value is -0.970. The Kier molecular flexibility index (Phi) is 4.06. The van der Waals surface area contributed by atoms with E-state index in [2.05, 4.69) is 0 Å². The third-order valence-electron chi connectivity index (χ3n) is 3.26. The van der Waals surface area contributed by atoms with Crippen LogP contribution in [0, 0.1) is 0 Å². The minimum atomic E-state index is 0.0457. The van der Waals surface area contributed by atoms with Crippen LogP contribution >= 0.6 is 34.7 Å². The van der Waals surface area contributed by atoms with Crippen LogP contribution in [0.4, 0.5) is 0 Å². The van der Waals surface area contributed by atoms with Crippen molar-refractivity contribution in [3.8, 4) is 5.75 Å². The zero-order valence-electron chi connectivity index (χ0n) is 10.9. The Bertz CT molecular complexity index is 640. The third-order valence-corrected chi connectivity index (χ3v) is 5.82. The summed E-state index contributed by atoms with van der Waals surface area (Å²) in [6, 6.07) is 7.20. The smallest absolute Gasteiger partial charge is 0.203 e. The minimum absolute atomic E-state index is 0.0457. The van der Waals surface area contributed by atoms with E-state index in [1.54, 1.807) is 36.6 Å². The number of hydrogen-bond donors (Lipinski definition) is 0. The summed E-state index contributed by atoms with van der Waals surface area (Å²) >= 11 is 9.54. The van der Waals surface area contributed by atoms with E-state index in [0.717, 1.165) is 22.8 Å². The van der Waals surface area contributed by atoms with Crippen molar-refractivity contribution in [2.24, 2.45) is 0 Å². The number of thioether (sulfide) groups is 1. The number of thiophene rings is 1. The van der Waals surface area contributed by atoms with Gasteiger partial charge in [-0.05, 0) is 42.0 Å². The lowest BCUT2D eigenvalue weighted by Gasteiger charge is -2.08. The summed E-state index contributed by atoms with van der Waals surface area (Å²) in [7, 11) is 1.55. The van der Waals surface area contributed by atoms with E-state index in [0.29, 0.717) is 16.3 Å². The van der Waals surface area contributed by atoms with Gasteiger partial charge in [-0.1, -0.05) is 11.6 Å². The topological polar surface area (TPSA) is 26.3 Å². The Labute approximate surface area is 131 Å². The van der Waals surface area contributed by atoms with Crippen LogP contribution in [0.3, 0.4) is 0 Å². The first-order valence-corrected chi connectivity index (χ1v) is 8.61. The number of fused-ring (bicyclic) bond motifs is 1. The quantitative estimate of drug-likeness (QED) is 0.781. The van der Waals surface area contributed by atoms with Crippen LogP contribution in [-0.2, 0) is 12.2 Å². The number of benzene rings is 1. The highest BCUT2D eigenvalue weighted by atomic mass is 35.5. The molecule has 0 aliphatic carbocycles. The van der Waals surface area contributed by atoms with Gasteiger partial charge in [0.2, 0.25) is 5.78 Å². The number of halogens is 1. The van der Waals surface area contributed by atoms with Crippen LogP contribution in [0.1, 0.15) is 25.7 Å². The van der Waals surface area contributed by atoms with Gasteiger partial charge in [0.05, 0.1) is 17.0 Å². The fourth-order valence-electron chi connectivity index (χ4n) is 2.20. The van der Waals surface area contributed by atoms with E-state index in [-0.39, 0.29) is 5.78 Å². The van der Waals surface area contributed by atoms with Gasteiger partial charge in [-0.3, -0.25) is 4.79 Å². The highest BCUT2D eigenvalue weighted by Gasteiger charge is 2.19. The fourth-order valence-corrected chi connectivity index (χ4v) is 4.73. The SMILES string of the molecule is COc1cc(C(=O)c2cc3c(s2)CCSC3)ccc1Cl. The molecule has 0 spiro atoms. The van der Waals surface area contributed by atoms with E-state index in [4.69, 9.17) is 16.3 Å². The van der Waals surface area contributed by atoms with E-state index in [9.17, 15) is 4.79 Å². The van der Waals surface area contributed by atoms with Crippen LogP contribution in [0.2, 0.25) is 5.02 Å². The Morgan fingerprint density at radius 3 is 2.95 bits per heavy atom. The van der Waals surface area contributed by atoms with Gasteiger partial charge in [0.1, 0.15) is 5.75 Å². The predicted octanol–water partition coefficient (Wildman–Crippen LogP) is 4.43. The number of methoxy groups -OCH3 is 1. The van der Waals surface area contributed by atoms with E-state index >= 15 is 0 Å². The van der Waals surface area contributed by atoms with Crippen molar-refractivity contribution in [1.29, 1.82) is 0 Å². The van der Waals surface area contributed by atoms with Crippen LogP contribution in [-0.4, -0.2) is 18.6 Å². The van der Waals surface area contributed by atoms with Gasteiger partial charge in [0.15, 0.2) is 0 Å². The van der Waals surface area contributed by atoms with Crippen LogP contribution in [0.25, 0.3) is 0 Å². The average molecular weight is 325 g/mol. The molecule has 2 nitrogen and oxygen atoms in total. The summed E-state index contributed by atoms with van der Waals surface area (Å²) in [5.74, 6) is 2.75. The molecule has 0 amide bonds. The molecular formula is C15H13ClO2S2. The fraction of sp³-hybridized carbons (Fsp3) is 0.267. The molecule has 2 heterocycles. The van der Waals surface area contributed by atoms with Crippen molar-refractivity contribution in [3.63, 3.8) is 0 Å². The predicted molar refractivity (Wildman–Crippen MR) is 85.6 cm³/mol.